The molecular weight excluding hydrogens is 1060 g/mol. The van der Waals surface area contributed by atoms with Gasteiger partial charge in [0.2, 0.25) is 11.8 Å². The van der Waals surface area contributed by atoms with Gasteiger partial charge in [0.25, 0.3) is 0 Å². The first kappa shape index (κ1) is 65.6. The summed E-state index contributed by atoms with van der Waals surface area (Å²) in [6, 6.07) is 32.1. The van der Waals surface area contributed by atoms with E-state index in [1.165, 1.54) is 60.9 Å². The van der Waals surface area contributed by atoms with Gasteiger partial charge in [-0.25, -0.2) is 0 Å². The van der Waals surface area contributed by atoms with Crippen LogP contribution < -0.4 is 53.2 Å². The third kappa shape index (κ3) is 27.2. The van der Waals surface area contributed by atoms with Crippen LogP contribution in [-0.4, -0.2) is 73.9 Å². The zero-order valence-electron chi connectivity index (χ0n) is 36.6. The molecule has 0 saturated heterocycles. The summed E-state index contributed by atoms with van der Waals surface area (Å²) in [4.78, 5) is 69.3. The Kier molecular flexibility index (Phi) is 37.1. The van der Waals surface area contributed by atoms with Crippen molar-refractivity contribution in [1.82, 2.24) is 9.97 Å². The number of nitrogens with two attached hydrogens (primary N) is 2. The van der Waals surface area contributed by atoms with Crippen LogP contribution in [0.25, 0.3) is 0 Å². The van der Waals surface area contributed by atoms with Crippen molar-refractivity contribution in [2.24, 2.45) is 11.5 Å². The molecule has 2 aromatic heterocycles. The average molecular weight is 1110 g/mol. The van der Waals surface area contributed by atoms with Gasteiger partial charge in [0.15, 0.2) is 0 Å². The largest absolute Gasteiger partial charge is 2.00 e. The number of carbonyl (C=O) groups excluding carboxylic acids is 6. The maximum Gasteiger partial charge on any atom is 2.00 e. The summed E-state index contributed by atoms with van der Waals surface area (Å²) in [6.45, 7) is 0. The Hall–Kier alpha value is -7.04. The fourth-order valence-corrected chi connectivity index (χ4v) is 4.11. The number of hydrogen-bond donors (Lipinski definition) is 6. The van der Waals surface area contributed by atoms with Gasteiger partial charge in [-0.1, -0.05) is 48.5 Å². The second kappa shape index (κ2) is 37.3. The fourth-order valence-electron chi connectivity index (χ4n) is 4.11. The minimum absolute atomic E-state index is 0. The van der Waals surface area contributed by atoms with E-state index in [2.05, 4.69) is 31.2 Å². The monoisotopic (exact) mass is 1110 g/mol. The van der Waals surface area contributed by atoms with Crippen molar-refractivity contribution in [2.75, 3.05) is 49.5 Å². The number of anilines is 4. The van der Waals surface area contributed by atoms with Gasteiger partial charge in [-0.2, -0.15) is 0 Å². The molecule has 0 spiro atoms. The van der Waals surface area contributed by atoms with Gasteiger partial charge in [-0.3, -0.25) is 19.6 Å². The van der Waals surface area contributed by atoms with E-state index in [0.717, 1.165) is 22.7 Å². The summed E-state index contributed by atoms with van der Waals surface area (Å²) >= 11 is 0. The van der Waals surface area contributed by atoms with Gasteiger partial charge in [0.1, 0.15) is 0 Å². The van der Waals surface area contributed by atoms with Gasteiger partial charge in [-0.05, 0) is 95.1 Å². The molecule has 6 rings (SSSR count). The normalized spacial score (nSPS) is 8.55. The second-order valence-corrected chi connectivity index (χ2v) is 11.7. The first-order valence-electron chi connectivity index (χ1n) is 17.9. The third-order valence-corrected chi connectivity index (χ3v) is 7.53. The Morgan fingerprint density at radius 2 is 0.576 bits per heavy atom. The number of carbonyl (C=O) groups is 6. The maximum atomic E-state index is 10.4. The SMILES string of the molecule is CNc1ccc(C(=O)[O-])cc1.CNc1ccc(C(=O)[O-])cc1.CNc1ccc(C(=O)[O-])cc1.CNc1ccc(C(=O)[O-])cc1.NC(=O)c1cccnc1.NC(=O)c1cccnc1.[Cd+2].[Cd+2].[OH3+].[OH3+]. The smallest absolute Gasteiger partial charge is 0.545 e. The first-order chi connectivity index (χ1) is 29.6. The predicted octanol–water partition coefficient (Wildman–Crippen LogP) is -1.12. The minimum Gasteiger partial charge on any atom is -0.545 e. The van der Waals surface area contributed by atoms with E-state index in [-0.39, 0.29) is 87.8 Å². The van der Waals surface area contributed by atoms with Crippen LogP contribution in [0.3, 0.4) is 0 Å². The molecule has 0 bridgehead atoms. The Bertz CT molecular complexity index is 2020. The van der Waals surface area contributed by atoms with E-state index < -0.39 is 35.7 Å². The topological polar surface area (TPSA) is 387 Å². The standard InChI is InChI=1S/4C8H9NO2.2C6H6N2O.2Cd.2H2O/c4*1-9-7-4-2-6(3-5-7)8(10)11;2*7-6(9)5-2-1-3-8-4-5;;;;/h4*2-5,9H,1H3,(H,10,11);2*1-4H,(H2,7,9);;;2*1H2/q;;;;;;2*+2;;/p-2. The van der Waals surface area contributed by atoms with Crippen LogP contribution in [0, 0.1) is 0 Å². The zero-order chi connectivity index (χ0) is 46.5. The summed E-state index contributed by atoms with van der Waals surface area (Å²) in [5.41, 5.74) is 15.1. The number of aromatic carboxylic acids is 4. The van der Waals surface area contributed by atoms with Crippen molar-refractivity contribution >= 4 is 58.4 Å². The molecule has 22 heteroatoms. The molecule has 0 aliphatic carbocycles. The van der Waals surface area contributed by atoms with Crippen molar-refractivity contribution < 1.29 is 115 Å². The first-order valence-corrected chi connectivity index (χ1v) is 17.9. The number of primary amides is 2. The van der Waals surface area contributed by atoms with Gasteiger partial charge in [-0.15, -0.1) is 0 Å². The quantitative estimate of drug-likeness (QED) is 0.0699. The van der Waals surface area contributed by atoms with Crippen LogP contribution in [0.1, 0.15) is 62.1 Å². The number of hydrogen-bond acceptors (Lipinski definition) is 16. The number of nitrogens with zero attached hydrogens (tertiary/aromatic N) is 2. The van der Waals surface area contributed by atoms with Gasteiger partial charge in [0.05, 0.1) is 35.0 Å². The predicted molar refractivity (Wildman–Crippen MR) is 237 cm³/mol. The van der Waals surface area contributed by atoms with Gasteiger partial charge >= 0.3 is 54.6 Å². The Balaban J connectivity index is -0.000000346. The van der Waals surface area contributed by atoms with Crippen molar-refractivity contribution in [2.45, 2.75) is 0 Å². The van der Waals surface area contributed by atoms with Crippen molar-refractivity contribution in [1.29, 1.82) is 0 Å². The number of carboxylic acids is 4. The van der Waals surface area contributed by atoms with Crippen molar-refractivity contribution in [3.05, 3.63) is 179 Å². The van der Waals surface area contributed by atoms with Crippen LogP contribution >= 0.6 is 0 Å². The molecule has 0 fully saturated rings. The number of aromatic nitrogens is 2. The number of nitrogens with one attached hydrogen (secondary N) is 4. The van der Waals surface area contributed by atoms with Crippen LogP contribution in [0.2, 0.25) is 0 Å². The molecule has 6 aromatic rings. The van der Waals surface area contributed by atoms with E-state index in [9.17, 15) is 49.2 Å². The molecule has 0 atom stereocenters. The molecule has 0 radical (unpaired) electrons. The molecule has 0 saturated carbocycles. The van der Waals surface area contributed by atoms with Crippen LogP contribution in [-0.2, 0) is 65.5 Å². The summed E-state index contributed by atoms with van der Waals surface area (Å²) in [6.07, 6.45) is 6.05. The molecule has 0 unspecified atom stereocenters. The number of rotatable bonds is 10. The second-order valence-electron chi connectivity index (χ2n) is 11.7. The minimum atomic E-state index is -1.15. The Morgan fingerprint density at radius 3 is 0.682 bits per heavy atom. The fraction of sp³-hybridized carbons (Fsp3) is 0.0909. The maximum absolute atomic E-state index is 10.4. The molecule has 4 aromatic carbocycles. The average Bonchev–Trinajstić information content (AvgIpc) is 3.30. The molecule has 20 nitrogen and oxygen atoms in total. The molecule has 0 aliphatic rings. The Morgan fingerprint density at radius 1 is 0.379 bits per heavy atom. The summed E-state index contributed by atoms with van der Waals surface area (Å²) < 4.78 is 0. The molecular formula is C44H50Cd2N8O12+2. The van der Waals surface area contributed by atoms with E-state index in [1.54, 1.807) is 113 Å². The zero-order valence-corrected chi connectivity index (χ0v) is 44.6. The van der Waals surface area contributed by atoms with E-state index in [0.29, 0.717) is 11.1 Å². The number of benzene rings is 4. The van der Waals surface area contributed by atoms with Crippen LogP contribution in [0.4, 0.5) is 22.7 Å². The van der Waals surface area contributed by atoms with Crippen molar-refractivity contribution in [3.63, 3.8) is 0 Å². The molecule has 2 amide bonds. The van der Waals surface area contributed by atoms with E-state index in [1.807, 2.05) is 0 Å². The molecule has 14 N–H and O–H groups in total. The molecule has 66 heavy (non-hydrogen) atoms. The van der Waals surface area contributed by atoms with Crippen LogP contribution in [0.5, 0.6) is 0 Å². The summed E-state index contributed by atoms with van der Waals surface area (Å²) in [5.74, 6) is -5.47. The molecule has 340 valence electrons. The van der Waals surface area contributed by atoms with E-state index in [4.69, 9.17) is 11.5 Å². The van der Waals surface area contributed by atoms with Crippen molar-refractivity contribution in [3.8, 4) is 0 Å². The van der Waals surface area contributed by atoms with E-state index >= 15 is 0 Å². The summed E-state index contributed by atoms with van der Waals surface area (Å²) in [7, 11) is 7.09. The Labute approximate surface area is 420 Å². The van der Waals surface area contributed by atoms with Gasteiger partial charge in [0, 0.05) is 75.7 Å². The van der Waals surface area contributed by atoms with Gasteiger partial charge < -0.3 is 83.3 Å². The number of pyridine rings is 2. The number of carboxylic acid groups (broad SMARTS) is 4. The third-order valence-electron chi connectivity index (χ3n) is 7.53. The van der Waals surface area contributed by atoms with Crippen LogP contribution in [0.15, 0.2) is 146 Å². The molecule has 2 heterocycles. The molecule has 0 aliphatic heterocycles. The summed E-state index contributed by atoms with van der Waals surface area (Å²) in [5, 5.41) is 52.6. The number of amides is 2.